The number of anilines is 1. The first kappa shape index (κ1) is 15.5. The molecule has 1 heterocycles. The molecule has 0 spiro atoms. The summed E-state index contributed by atoms with van der Waals surface area (Å²) in [5.41, 5.74) is 4.21. The molecule has 0 aliphatic heterocycles. The molecule has 5 heteroatoms. The number of halogens is 1. The standard InChI is InChI=1S/C18H15BrN2O2/c1-11-7-8-13(9-12(11)2)17-10-16(21-23-17)18(22)20-15-6-4-3-5-14(15)19/h3-10H,1-2H3,(H,20,22). The molecule has 0 saturated carbocycles. The number of rotatable bonds is 3. The predicted molar refractivity (Wildman–Crippen MR) is 93.5 cm³/mol. The van der Waals surface area contributed by atoms with Crippen LogP contribution >= 0.6 is 15.9 Å². The Hall–Kier alpha value is -2.40. The van der Waals surface area contributed by atoms with Gasteiger partial charge in [-0.25, -0.2) is 0 Å². The van der Waals surface area contributed by atoms with Crippen LogP contribution in [0.25, 0.3) is 11.3 Å². The molecule has 0 aliphatic carbocycles. The Labute approximate surface area is 142 Å². The molecule has 2 aromatic carbocycles. The van der Waals surface area contributed by atoms with Crippen molar-refractivity contribution in [3.63, 3.8) is 0 Å². The Balaban J connectivity index is 1.82. The third kappa shape index (κ3) is 3.35. The van der Waals surface area contributed by atoms with Gasteiger partial charge in [0, 0.05) is 16.1 Å². The van der Waals surface area contributed by atoms with Crippen LogP contribution in [0.2, 0.25) is 0 Å². The topological polar surface area (TPSA) is 55.1 Å². The molecule has 0 radical (unpaired) electrons. The molecular weight excluding hydrogens is 356 g/mol. The Morgan fingerprint density at radius 3 is 2.61 bits per heavy atom. The number of benzene rings is 2. The Bertz CT molecular complexity index is 871. The average Bonchev–Trinajstić information content (AvgIpc) is 3.02. The van der Waals surface area contributed by atoms with E-state index < -0.39 is 0 Å². The van der Waals surface area contributed by atoms with Crippen molar-refractivity contribution in [2.45, 2.75) is 13.8 Å². The van der Waals surface area contributed by atoms with Gasteiger partial charge in [-0.2, -0.15) is 0 Å². The highest BCUT2D eigenvalue weighted by Crippen LogP contribution is 2.25. The van der Waals surface area contributed by atoms with Crippen LogP contribution in [0, 0.1) is 13.8 Å². The summed E-state index contributed by atoms with van der Waals surface area (Å²) in [5, 5.41) is 6.67. The average molecular weight is 371 g/mol. The van der Waals surface area contributed by atoms with Crippen molar-refractivity contribution in [2.75, 3.05) is 5.32 Å². The minimum absolute atomic E-state index is 0.244. The van der Waals surface area contributed by atoms with E-state index in [1.165, 1.54) is 5.56 Å². The molecule has 0 atom stereocenters. The summed E-state index contributed by atoms with van der Waals surface area (Å²) in [7, 11) is 0. The molecule has 0 saturated heterocycles. The lowest BCUT2D eigenvalue weighted by molar-refractivity contribution is 0.101. The van der Waals surface area contributed by atoms with Crippen LogP contribution in [0.1, 0.15) is 21.6 Å². The van der Waals surface area contributed by atoms with Gasteiger partial charge in [0.1, 0.15) is 0 Å². The summed E-state index contributed by atoms with van der Waals surface area (Å²) in [5.74, 6) is 0.265. The van der Waals surface area contributed by atoms with Gasteiger partial charge in [-0.05, 0) is 59.1 Å². The zero-order valence-corrected chi connectivity index (χ0v) is 14.3. The molecule has 1 amide bonds. The van der Waals surface area contributed by atoms with E-state index in [0.717, 1.165) is 15.6 Å². The fourth-order valence-corrected chi connectivity index (χ4v) is 2.55. The van der Waals surface area contributed by atoms with Crippen molar-refractivity contribution in [3.8, 4) is 11.3 Å². The molecule has 0 unspecified atom stereocenters. The van der Waals surface area contributed by atoms with Crippen molar-refractivity contribution in [3.05, 3.63) is 69.8 Å². The van der Waals surface area contributed by atoms with Gasteiger partial charge in [0.25, 0.3) is 5.91 Å². The van der Waals surface area contributed by atoms with Crippen LogP contribution in [0.5, 0.6) is 0 Å². The highest BCUT2D eigenvalue weighted by atomic mass is 79.9. The fourth-order valence-electron chi connectivity index (χ4n) is 2.16. The number of amides is 1. The minimum atomic E-state index is -0.310. The highest BCUT2D eigenvalue weighted by molar-refractivity contribution is 9.10. The lowest BCUT2D eigenvalue weighted by atomic mass is 10.0. The third-order valence-electron chi connectivity index (χ3n) is 3.66. The largest absolute Gasteiger partial charge is 0.355 e. The SMILES string of the molecule is Cc1ccc(-c2cc(C(=O)Nc3ccccc3Br)no2)cc1C. The molecule has 0 aliphatic rings. The van der Waals surface area contributed by atoms with E-state index in [0.29, 0.717) is 11.4 Å². The van der Waals surface area contributed by atoms with Gasteiger partial charge in [0.05, 0.1) is 5.69 Å². The maximum Gasteiger partial charge on any atom is 0.277 e. The molecule has 3 aromatic rings. The molecule has 3 rings (SSSR count). The van der Waals surface area contributed by atoms with Gasteiger partial charge >= 0.3 is 0 Å². The first-order valence-corrected chi connectivity index (χ1v) is 7.94. The maximum atomic E-state index is 12.3. The zero-order chi connectivity index (χ0) is 16.4. The quantitative estimate of drug-likeness (QED) is 0.707. The Morgan fingerprint density at radius 1 is 1.09 bits per heavy atom. The highest BCUT2D eigenvalue weighted by Gasteiger charge is 2.15. The molecule has 4 nitrogen and oxygen atoms in total. The van der Waals surface area contributed by atoms with Gasteiger partial charge in [0.15, 0.2) is 11.5 Å². The fraction of sp³-hybridized carbons (Fsp3) is 0.111. The molecule has 0 bridgehead atoms. The molecule has 1 aromatic heterocycles. The lowest BCUT2D eigenvalue weighted by Crippen LogP contribution is -2.12. The van der Waals surface area contributed by atoms with Gasteiger partial charge in [-0.15, -0.1) is 0 Å². The van der Waals surface area contributed by atoms with Crippen molar-refractivity contribution < 1.29 is 9.32 Å². The van der Waals surface area contributed by atoms with Crippen LogP contribution in [-0.4, -0.2) is 11.1 Å². The predicted octanol–water partition coefficient (Wildman–Crippen LogP) is 4.97. The third-order valence-corrected chi connectivity index (χ3v) is 4.35. The Morgan fingerprint density at radius 2 is 1.87 bits per heavy atom. The smallest absolute Gasteiger partial charge is 0.277 e. The second kappa shape index (κ2) is 6.38. The van der Waals surface area contributed by atoms with Crippen molar-refractivity contribution in [2.24, 2.45) is 0 Å². The first-order valence-electron chi connectivity index (χ1n) is 7.15. The van der Waals surface area contributed by atoms with Crippen LogP contribution < -0.4 is 5.32 Å². The molecule has 1 N–H and O–H groups in total. The summed E-state index contributed by atoms with van der Waals surface area (Å²) in [6, 6.07) is 15.1. The van der Waals surface area contributed by atoms with Crippen LogP contribution in [0.15, 0.2) is 57.5 Å². The Kier molecular flexibility index (Phi) is 4.30. The van der Waals surface area contributed by atoms with E-state index in [-0.39, 0.29) is 11.6 Å². The van der Waals surface area contributed by atoms with E-state index in [4.69, 9.17) is 4.52 Å². The lowest BCUT2D eigenvalue weighted by Gasteiger charge is -2.04. The normalized spacial score (nSPS) is 10.6. The van der Waals surface area contributed by atoms with Gasteiger partial charge in [-0.3, -0.25) is 4.79 Å². The molecule has 23 heavy (non-hydrogen) atoms. The van der Waals surface area contributed by atoms with Gasteiger partial charge in [0.2, 0.25) is 0 Å². The van der Waals surface area contributed by atoms with Gasteiger partial charge < -0.3 is 9.84 Å². The number of hydrogen-bond donors (Lipinski definition) is 1. The second-order valence-corrected chi connectivity index (χ2v) is 6.16. The summed E-state index contributed by atoms with van der Waals surface area (Å²) in [6.45, 7) is 4.09. The summed E-state index contributed by atoms with van der Waals surface area (Å²) in [6.07, 6.45) is 0. The monoisotopic (exact) mass is 370 g/mol. The van der Waals surface area contributed by atoms with E-state index in [1.807, 2.05) is 49.4 Å². The number of carbonyl (C=O) groups is 1. The number of aryl methyl sites for hydroxylation is 2. The van der Waals surface area contributed by atoms with E-state index >= 15 is 0 Å². The van der Waals surface area contributed by atoms with E-state index in [9.17, 15) is 4.79 Å². The van der Waals surface area contributed by atoms with Crippen LogP contribution in [-0.2, 0) is 0 Å². The zero-order valence-electron chi connectivity index (χ0n) is 12.8. The summed E-state index contributed by atoms with van der Waals surface area (Å²) in [4.78, 5) is 12.3. The van der Waals surface area contributed by atoms with Crippen LogP contribution in [0.4, 0.5) is 5.69 Å². The maximum absolute atomic E-state index is 12.3. The molecule has 0 fully saturated rings. The summed E-state index contributed by atoms with van der Waals surface area (Å²) < 4.78 is 6.12. The van der Waals surface area contributed by atoms with Crippen molar-refractivity contribution in [1.82, 2.24) is 5.16 Å². The van der Waals surface area contributed by atoms with E-state index in [1.54, 1.807) is 6.07 Å². The molecular formula is C18H15BrN2O2. The first-order chi connectivity index (χ1) is 11.0. The van der Waals surface area contributed by atoms with E-state index in [2.05, 4.69) is 33.3 Å². The number of aromatic nitrogens is 1. The minimum Gasteiger partial charge on any atom is -0.355 e. The summed E-state index contributed by atoms with van der Waals surface area (Å²) >= 11 is 3.40. The van der Waals surface area contributed by atoms with Crippen LogP contribution in [0.3, 0.4) is 0 Å². The van der Waals surface area contributed by atoms with Crippen molar-refractivity contribution in [1.29, 1.82) is 0 Å². The number of nitrogens with zero attached hydrogens (tertiary/aromatic N) is 1. The number of para-hydroxylation sites is 1. The number of nitrogens with one attached hydrogen (secondary N) is 1. The second-order valence-electron chi connectivity index (χ2n) is 5.31. The van der Waals surface area contributed by atoms with Gasteiger partial charge in [-0.1, -0.05) is 29.4 Å². The number of hydrogen-bond acceptors (Lipinski definition) is 3. The molecule has 116 valence electrons. The van der Waals surface area contributed by atoms with Crippen molar-refractivity contribution >= 4 is 27.5 Å². The number of carbonyl (C=O) groups excluding carboxylic acids is 1.